The summed E-state index contributed by atoms with van der Waals surface area (Å²) in [5.41, 5.74) is 1.15. The minimum atomic E-state index is -0.954. The van der Waals surface area contributed by atoms with Crippen LogP contribution in [0.25, 0.3) is 0 Å². The average Bonchev–Trinajstić information content (AvgIpc) is 3.05. The number of amides is 1. The van der Waals surface area contributed by atoms with Crippen molar-refractivity contribution >= 4 is 23.4 Å². The molecule has 1 fully saturated rings. The number of carbonyl (C=O) groups excluding carboxylic acids is 1. The number of likely N-dealkylation sites (tertiary alicyclic amines) is 1. The second-order valence-corrected chi connectivity index (χ2v) is 5.29. The number of aromatic nitrogens is 2. The predicted octanol–water partition coefficient (Wildman–Crippen LogP) is 1.91. The molecule has 118 valence electrons. The molecule has 0 saturated carbocycles. The molecule has 1 aromatic heterocycles. The van der Waals surface area contributed by atoms with E-state index >= 15 is 0 Å². The molecule has 23 heavy (non-hydrogen) atoms. The second-order valence-electron chi connectivity index (χ2n) is 5.29. The highest BCUT2D eigenvalue weighted by Crippen LogP contribution is 2.22. The third-order valence-electron chi connectivity index (χ3n) is 3.74. The van der Waals surface area contributed by atoms with E-state index in [2.05, 4.69) is 15.3 Å². The lowest BCUT2D eigenvalue weighted by molar-refractivity contribution is -0.141. The number of hydrogen-bond acceptors (Lipinski definition) is 5. The molecule has 1 aliphatic heterocycles. The van der Waals surface area contributed by atoms with E-state index in [1.165, 1.54) is 4.90 Å². The number of anilines is 2. The van der Waals surface area contributed by atoms with Crippen LogP contribution in [0.4, 0.5) is 11.5 Å². The zero-order valence-corrected chi connectivity index (χ0v) is 12.3. The lowest BCUT2D eigenvalue weighted by Crippen LogP contribution is -2.40. The van der Waals surface area contributed by atoms with Gasteiger partial charge in [0.1, 0.15) is 11.9 Å². The molecule has 1 saturated heterocycles. The van der Waals surface area contributed by atoms with Crippen LogP contribution >= 0.6 is 0 Å². The summed E-state index contributed by atoms with van der Waals surface area (Å²) in [5, 5.41) is 12.3. The number of nitrogens with zero attached hydrogens (tertiary/aromatic N) is 3. The van der Waals surface area contributed by atoms with E-state index in [4.69, 9.17) is 0 Å². The molecule has 0 unspecified atom stereocenters. The van der Waals surface area contributed by atoms with Crippen LogP contribution in [0.5, 0.6) is 0 Å². The second kappa shape index (κ2) is 6.43. The molecule has 7 nitrogen and oxygen atoms in total. The van der Waals surface area contributed by atoms with Gasteiger partial charge in [-0.2, -0.15) is 0 Å². The Morgan fingerprint density at radius 3 is 2.91 bits per heavy atom. The van der Waals surface area contributed by atoms with Gasteiger partial charge in [0.2, 0.25) is 0 Å². The first-order valence-corrected chi connectivity index (χ1v) is 7.32. The van der Waals surface area contributed by atoms with E-state index in [1.54, 1.807) is 36.8 Å². The Labute approximate surface area is 133 Å². The Hall–Kier alpha value is -2.96. The van der Waals surface area contributed by atoms with Crippen LogP contribution < -0.4 is 5.32 Å². The van der Waals surface area contributed by atoms with E-state index in [1.807, 2.05) is 6.07 Å². The van der Waals surface area contributed by atoms with Gasteiger partial charge >= 0.3 is 5.97 Å². The van der Waals surface area contributed by atoms with Gasteiger partial charge in [0, 0.05) is 30.2 Å². The Kier molecular flexibility index (Phi) is 4.18. The fraction of sp³-hybridized carbons (Fsp3) is 0.250. The summed E-state index contributed by atoms with van der Waals surface area (Å²) >= 11 is 0. The van der Waals surface area contributed by atoms with Gasteiger partial charge in [0.25, 0.3) is 5.91 Å². The summed E-state index contributed by atoms with van der Waals surface area (Å²) in [6.45, 7) is 0.470. The quantitative estimate of drug-likeness (QED) is 0.895. The van der Waals surface area contributed by atoms with Crippen molar-refractivity contribution in [3.63, 3.8) is 0 Å². The molecule has 1 aromatic carbocycles. The van der Waals surface area contributed by atoms with Gasteiger partial charge in [-0.15, -0.1) is 0 Å². The lowest BCUT2D eigenvalue weighted by atomic mass is 10.1. The molecule has 0 radical (unpaired) electrons. The molecule has 0 spiro atoms. The molecular weight excluding hydrogens is 296 g/mol. The molecule has 1 atom stereocenters. The third-order valence-corrected chi connectivity index (χ3v) is 3.74. The number of hydrogen-bond donors (Lipinski definition) is 2. The van der Waals surface area contributed by atoms with Crippen molar-refractivity contribution in [3.05, 3.63) is 48.4 Å². The number of aliphatic carboxylic acids is 1. The van der Waals surface area contributed by atoms with E-state index in [0.29, 0.717) is 36.5 Å². The van der Waals surface area contributed by atoms with Gasteiger partial charge in [0.15, 0.2) is 0 Å². The van der Waals surface area contributed by atoms with Gasteiger partial charge in [-0.05, 0) is 31.0 Å². The number of carbonyl (C=O) groups is 2. The van der Waals surface area contributed by atoms with E-state index < -0.39 is 12.0 Å². The predicted molar refractivity (Wildman–Crippen MR) is 83.5 cm³/mol. The Morgan fingerprint density at radius 2 is 2.17 bits per heavy atom. The summed E-state index contributed by atoms with van der Waals surface area (Å²) < 4.78 is 0. The number of carboxylic acids is 1. The first-order valence-electron chi connectivity index (χ1n) is 7.32. The molecule has 0 aliphatic carbocycles. The molecule has 1 amide bonds. The fourth-order valence-electron chi connectivity index (χ4n) is 2.67. The smallest absolute Gasteiger partial charge is 0.326 e. The van der Waals surface area contributed by atoms with Crippen LogP contribution in [0.3, 0.4) is 0 Å². The topological polar surface area (TPSA) is 95.4 Å². The number of rotatable bonds is 4. The van der Waals surface area contributed by atoms with E-state index in [-0.39, 0.29) is 5.91 Å². The highest BCUT2D eigenvalue weighted by molar-refractivity contribution is 5.97. The van der Waals surface area contributed by atoms with Gasteiger partial charge < -0.3 is 15.3 Å². The van der Waals surface area contributed by atoms with E-state index in [9.17, 15) is 14.7 Å². The molecule has 0 bridgehead atoms. The molecule has 2 heterocycles. The van der Waals surface area contributed by atoms with Gasteiger partial charge in [0.05, 0.1) is 6.20 Å². The van der Waals surface area contributed by atoms with Crippen LogP contribution in [-0.2, 0) is 4.79 Å². The summed E-state index contributed by atoms with van der Waals surface area (Å²) in [7, 11) is 0. The first-order chi connectivity index (χ1) is 11.1. The Balaban J connectivity index is 1.79. The normalized spacial score (nSPS) is 17.0. The average molecular weight is 312 g/mol. The highest BCUT2D eigenvalue weighted by Gasteiger charge is 2.34. The Morgan fingerprint density at radius 1 is 1.30 bits per heavy atom. The first kappa shape index (κ1) is 15.0. The summed E-state index contributed by atoms with van der Waals surface area (Å²) in [6, 6.07) is 6.19. The van der Waals surface area contributed by atoms with Crippen LogP contribution in [0.15, 0.2) is 42.9 Å². The van der Waals surface area contributed by atoms with Crippen molar-refractivity contribution in [2.45, 2.75) is 18.9 Å². The minimum absolute atomic E-state index is 0.266. The zero-order chi connectivity index (χ0) is 16.2. The summed E-state index contributed by atoms with van der Waals surface area (Å²) in [4.78, 5) is 33.3. The third kappa shape index (κ3) is 3.28. The maximum absolute atomic E-state index is 12.6. The fourth-order valence-corrected chi connectivity index (χ4v) is 2.67. The van der Waals surface area contributed by atoms with Crippen LogP contribution in [0.2, 0.25) is 0 Å². The number of carboxylic acid groups (broad SMARTS) is 1. The SMILES string of the molecule is O=C(O)[C@@H]1CCCN1C(=O)c1cccc(Nc2cnccn2)c1. The van der Waals surface area contributed by atoms with Crippen LogP contribution in [0.1, 0.15) is 23.2 Å². The molecule has 3 rings (SSSR count). The molecular formula is C16H16N4O3. The van der Waals surface area contributed by atoms with Crippen LogP contribution in [-0.4, -0.2) is 44.4 Å². The van der Waals surface area contributed by atoms with Gasteiger partial charge in [-0.3, -0.25) is 9.78 Å². The molecule has 7 heteroatoms. The van der Waals surface area contributed by atoms with Crippen molar-refractivity contribution in [2.24, 2.45) is 0 Å². The maximum Gasteiger partial charge on any atom is 0.326 e. The number of nitrogens with one attached hydrogen (secondary N) is 1. The zero-order valence-electron chi connectivity index (χ0n) is 12.3. The summed E-state index contributed by atoms with van der Waals surface area (Å²) in [5.74, 6) is -0.649. The van der Waals surface area contributed by atoms with Gasteiger partial charge in [-0.1, -0.05) is 6.07 Å². The van der Waals surface area contributed by atoms with E-state index in [0.717, 1.165) is 0 Å². The molecule has 1 aliphatic rings. The monoisotopic (exact) mass is 312 g/mol. The minimum Gasteiger partial charge on any atom is -0.480 e. The summed E-state index contributed by atoms with van der Waals surface area (Å²) in [6.07, 6.45) is 5.93. The largest absolute Gasteiger partial charge is 0.480 e. The Bertz CT molecular complexity index is 720. The highest BCUT2D eigenvalue weighted by atomic mass is 16.4. The van der Waals surface area contributed by atoms with Crippen LogP contribution in [0, 0.1) is 0 Å². The molecule has 2 aromatic rings. The van der Waals surface area contributed by atoms with Crippen molar-refractivity contribution in [1.82, 2.24) is 14.9 Å². The van der Waals surface area contributed by atoms with Crippen molar-refractivity contribution in [2.75, 3.05) is 11.9 Å². The molecule has 2 N–H and O–H groups in total. The van der Waals surface area contributed by atoms with Crippen molar-refractivity contribution in [1.29, 1.82) is 0 Å². The lowest BCUT2D eigenvalue weighted by Gasteiger charge is -2.21. The maximum atomic E-state index is 12.6. The number of benzene rings is 1. The van der Waals surface area contributed by atoms with Gasteiger partial charge in [-0.25, -0.2) is 9.78 Å². The van der Waals surface area contributed by atoms with Crippen molar-refractivity contribution in [3.8, 4) is 0 Å². The standard InChI is InChI=1S/C16H16N4O3/c21-15(20-8-2-5-13(20)16(22)23)11-3-1-4-12(9-11)19-14-10-17-6-7-18-14/h1,3-4,6-7,9-10,13H,2,5,8H2,(H,18,19)(H,22,23)/t13-/m0/s1. The van der Waals surface area contributed by atoms with Crippen molar-refractivity contribution < 1.29 is 14.7 Å².